The van der Waals surface area contributed by atoms with E-state index in [4.69, 9.17) is 5.73 Å². The second-order valence-corrected chi connectivity index (χ2v) is 6.44. The molecule has 4 heteroatoms. The average Bonchev–Trinajstić information content (AvgIpc) is 2.86. The molecule has 0 aliphatic carbocycles. The first-order valence-electron chi connectivity index (χ1n) is 7.27. The van der Waals surface area contributed by atoms with Crippen molar-refractivity contribution in [1.29, 1.82) is 0 Å². The summed E-state index contributed by atoms with van der Waals surface area (Å²) in [5.74, 6) is 0.655. The molecule has 0 amide bonds. The molecule has 108 valence electrons. The summed E-state index contributed by atoms with van der Waals surface area (Å²) in [6.45, 7) is 6.62. The van der Waals surface area contributed by atoms with Gasteiger partial charge in [0.25, 0.3) is 0 Å². The number of aromatic nitrogens is 2. The molecule has 2 rings (SSSR count). The van der Waals surface area contributed by atoms with Crippen LogP contribution in [0.5, 0.6) is 0 Å². The van der Waals surface area contributed by atoms with E-state index in [-0.39, 0.29) is 6.04 Å². The molecule has 0 aliphatic heterocycles. The molecule has 0 aliphatic rings. The molecule has 0 bridgehead atoms. The zero-order valence-corrected chi connectivity index (χ0v) is 13.3. The number of nitrogens with zero attached hydrogens (tertiary/aromatic N) is 2. The van der Waals surface area contributed by atoms with Gasteiger partial charge in [0.2, 0.25) is 0 Å². The standard InChI is InChI=1S/C16H23N3S/c1-4-6-14-16(20-19-18-14)15(17)13-8-5-7-12(10-13)9-11(2)3/h5,7-8,10-11,15H,4,6,9,17H2,1-3H3. The van der Waals surface area contributed by atoms with Crippen LogP contribution >= 0.6 is 11.5 Å². The van der Waals surface area contributed by atoms with Gasteiger partial charge in [-0.05, 0) is 41.4 Å². The number of nitrogens with two attached hydrogens (primary N) is 1. The van der Waals surface area contributed by atoms with Crippen molar-refractivity contribution in [3.05, 3.63) is 46.0 Å². The van der Waals surface area contributed by atoms with Crippen molar-refractivity contribution in [2.75, 3.05) is 0 Å². The molecule has 0 spiro atoms. The third-order valence-electron chi connectivity index (χ3n) is 3.31. The first-order chi connectivity index (χ1) is 9.61. The molecule has 2 aromatic rings. The molecule has 1 aromatic heterocycles. The number of aryl methyl sites for hydroxylation is 1. The fraction of sp³-hybridized carbons (Fsp3) is 0.500. The van der Waals surface area contributed by atoms with Gasteiger partial charge < -0.3 is 5.73 Å². The van der Waals surface area contributed by atoms with Crippen LogP contribution < -0.4 is 5.73 Å². The predicted octanol–water partition coefficient (Wildman–Crippen LogP) is 3.74. The predicted molar refractivity (Wildman–Crippen MR) is 84.9 cm³/mol. The Morgan fingerprint density at radius 1 is 1.30 bits per heavy atom. The summed E-state index contributed by atoms with van der Waals surface area (Å²) in [5, 5.41) is 4.21. The Morgan fingerprint density at radius 3 is 2.80 bits per heavy atom. The molecule has 1 unspecified atom stereocenters. The molecule has 1 atom stereocenters. The van der Waals surface area contributed by atoms with E-state index in [2.05, 4.69) is 54.6 Å². The highest BCUT2D eigenvalue weighted by Crippen LogP contribution is 2.26. The van der Waals surface area contributed by atoms with Gasteiger partial charge in [0.1, 0.15) is 0 Å². The van der Waals surface area contributed by atoms with Gasteiger partial charge in [0.15, 0.2) is 0 Å². The van der Waals surface area contributed by atoms with Gasteiger partial charge in [-0.25, -0.2) is 0 Å². The smallest absolute Gasteiger partial charge is 0.0807 e. The van der Waals surface area contributed by atoms with E-state index in [0.29, 0.717) is 5.92 Å². The third-order valence-corrected chi connectivity index (χ3v) is 4.16. The Hall–Kier alpha value is -1.26. The summed E-state index contributed by atoms with van der Waals surface area (Å²) in [5.41, 5.74) is 9.99. The van der Waals surface area contributed by atoms with E-state index < -0.39 is 0 Å². The Balaban J connectivity index is 2.23. The van der Waals surface area contributed by atoms with E-state index in [0.717, 1.165) is 35.4 Å². The molecule has 0 saturated carbocycles. The molecule has 20 heavy (non-hydrogen) atoms. The van der Waals surface area contributed by atoms with E-state index in [9.17, 15) is 0 Å². The minimum atomic E-state index is -0.108. The maximum Gasteiger partial charge on any atom is 0.0807 e. The summed E-state index contributed by atoms with van der Waals surface area (Å²) >= 11 is 1.43. The van der Waals surface area contributed by atoms with E-state index in [1.807, 2.05) is 0 Å². The van der Waals surface area contributed by atoms with Crippen molar-refractivity contribution >= 4 is 11.5 Å². The van der Waals surface area contributed by atoms with Crippen LogP contribution in [0.15, 0.2) is 24.3 Å². The van der Waals surface area contributed by atoms with E-state index >= 15 is 0 Å². The van der Waals surface area contributed by atoms with Crippen LogP contribution in [0.1, 0.15) is 54.9 Å². The maximum absolute atomic E-state index is 6.42. The van der Waals surface area contributed by atoms with Gasteiger partial charge in [-0.15, -0.1) is 5.10 Å². The van der Waals surface area contributed by atoms with Crippen molar-refractivity contribution in [3.8, 4) is 0 Å². The summed E-state index contributed by atoms with van der Waals surface area (Å²) in [4.78, 5) is 1.11. The fourth-order valence-electron chi connectivity index (χ4n) is 2.40. The molecule has 3 nitrogen and oxygen atoms in total. The maximum atomic E-state index is 6.42. The van der Waals surface area contributed by atoms with Gasteiger partial charge in [0.05, 0.1) is 16.6 Å². The zero-order valence-electron chi connectivity index (χ0n) is 12.5. The molecule has 1 aromatic carbocycles. The first kappa shape index (κ1) is 15.1. The highest BCUT2D eigenvalue weighted by molar-refractivity contribution is 7.05. The van der Waals surface area contributed by atoms with Gasteiger partial charge in [-0.1, -0.05) is 55.9 Å². The number of rotatable bonds is 6. The Labute approximate surface area is 125 Å². The fourth-order valence-corrected chi connectivity index (χ4v) is 3.12. The minimum Gasteiger partial charge on any atom is -0.320 e. The second kappa shape index (κ2) is 6.95. The Kier molecular flexibility index (Phi) is 5.26. The van der Waals surface area contributed by atoms with E-state index in [1.165, 1.54) is 17.1 Å². The molecule has 1 heterocycles. The molecule has 2 N–H and O–H groups in total. The van der Waals surface area contributed by atoms with Crippen molar-refractivity contribution < 1.29 is 0 Å². The molecule has 0 fully saturated rings. The monoisotopic (exact) mass is 289 g/mol. The Morgan fingerprint density at radius 2 is 2.10 bits per heavy atom. The van der Waals surface area contributed by atoms with Crippen LogP contribution in [0.25, 0.3) is 0 Å². The minimum absolute atomic E-state index is 0.108. The van der Waals surface area contributed by atoms with Crippen LogP contribution in [0.4, 0.5) is 0 Å². The van der Waals surface area contributed by atoms with Crippen LogP contribution in [0.2, 0.25) is 0 Å². The average molecular weight is 289 g/mol. The summed E-state index contributed by atoms with van der Waals surface area (Å²) < 4.78 is 4.07. The van der Waals surface area contributed by atoms with Crippen LogP contribution in [-0.4, -0.2) is 9.59 Å². The lowest BCUT2D eigenvalue weighted by Gasteiger charge is -2.13. The number of hydrogen-bond donors (Lipinski definition) is 1. The van der Waals surface area contributed by atoms with Gasteiger partial charge in [-0.3, -0.25) is 0 Å². The van der Waals surface area contributed by atoms with Crippen molar-refractivity contribution in [3.63, 3.8) is 0 Å². The highest BCUT2D eigenvalue weighted by Gasteiger charge is 2.17. The summed E-state index contributed by atoms with van der Waals surface area (Å²) in [7, 11) is 0. The largest absolute Gasteiger partial charge is 0.320 e. The summed E-state index contributed by atoms with van der Waals surface area (Å²) in [6, 6.07) is 8.49. The summed E-state index contributed by atoms with van der Waals surface area (Å²) in [6.07, 6.45) is 3.10. The first-order valence-corrected chi connectivity index (χ1v) is 8.04. The lowest BCUT2D eigenvalue weighted by molar-refractivity contribution is 0.646. The van der Waals surface area contributed by atoms with Gasteiger partial charge in [-0.2, -0.15) is 0 Å². The lowest BCUT2D eigenvalue weighted by atomic mass is 9.97. The SMILES string of the molecule is CCCc1nnsc1C(N)c1cccc(CC(C)C)c1. The molecular weight excluding hydrogens is 266 g/mol. The molecule has 0 radical (unpaired) electrons. The molecule has 0 saturated heterocycles. The number of hydrogen-bond acceptors (Lipinski definition) is 4. The van der Waals surface area contributed by atoms with Crippen molar-refractivity contribution in [2.45, 2.75) is 46.1 Å². The van der Waals surface area contributed by atoms with Crippen LogP contribution in [0.3, 0.4) is 0 Å². The normalized spacial score (nSPS) is 12.8. The number of benzene rings is 1. The van der Waals surface area contributed by atoms with Crippen LogP contribution in [-0.2, 0) is 12.8 Å². The topological polar surface area (TPSA) is 51.8 Å². The lowest BCUT2D eigenvalue weighted by Crippen LogP contribution is -2.13. The van der Waals surface area contributed by atoms with Gasteiger partial charge >= 0.3 is 0 Å². The van der Waals surface area contributed by atoms with Crippen molar-refractivity contribution in [2.24, 2.45) is 11.7 Å². The zero-order chi connectivity index (χ0) is 14.5. The van der Waals surface area contributed by atoms with E-state index in [1.54, 1.807) is 0 Å². The van der Waals surface area contributed by atoms with Gasteiger partial charge in [0, 0.05) is 0 Å². The van der Waals surface area contributed by atoms with Crippen molar-refractivity contribution in [1.82, 2.24) is 9.59 Å². The third kappa shape index (κ3) is 3.64. The quantitative estimate of drug-likeness (QED) is 0.881. The second-order valence-electron chi connectivity index (χ2n) is 5.65. The van der Waals surface area contributed by atoms with Crippen LogP contribution in [0, 0.1) is 5.92 Å². The molecular formula is C16H23N3S. The Bertz CT molecular complexity index is 548. The highest BCUT2D eigenvalue weighted by atomic mass is 32.1.